The summed E-state index contributed by atoms with van der Waals surface area (Å²) in [7, 11) is 0. The summed E-state index contributed by atoms with van der Waals surface area (Å²) >= 11 is 5.88. The maximum absolute atomic E-state index is 12.0. The highest BCUT2D eigenvalue weighted by Gasteiger charge is 2.23. The van der Waals surface area contributed by atoms with E-state index in [0.717, 1.165) is 19.3 Å². The zero-order chi connectivity index (χ0) is 12.0. The quantitative estimate of drug-likeness (QED) is 0.740. The van der Waals surface area contributed by atoms with Gasteiger partial charge in [0.15, 0.2) is 0 Å². The second kappa shape index (κ2) is 7.16. The van der Waals surface area contributed by atoms with Crippen LogP contribution in [0.2, 0.25) is 0 Å². The summed E-state index contributed by atoms with van der Waals surface area (Å²) in [6.45, 7) is 4.32. The Morgan fingerprint density at radius 1 is 1.31 bits per heavy atom. The van der Waals surface area contributed by atoms with Crippen LogP contribution >= 0.6 is 11.6 Å². The first-order chi connectivity index (χ1) is 7.63. The molecule has 2 nitrogen and oxygen atoms in total. The fourth-order valence-corrected chi connectivity index (χ4v) is 2.62. The van der Waals surface area contributed by atoms with Crippen LogP contribution in [0.15, 0.2) is 0 Å². The van der Waals surface area contributed by atoms with Gasteiger partial charge in [-0.15, -0.1) is 11.6 Å². The molecule has 1 saturated carbocycles. The van der Waals surface area contributed by atoms with E-state index in [-0.39, 0.29) is 17.9 Å². The second-order valence-corrected chi connectivity index (χ2v) is 5.63. The standard InChI is InChI=1S/C13H24ClNO/c1-10(2)8-12(9-14)15-13(16)11-6-4-3-5-7-11/h10-12H,3-9H2,1-2H3,(H,15,16). The average Bonchev–Trinajstić information content (AvgIpc) is 2.28. The SMILES string of the molecule is CC(C)CC(CCl)NC(=O)C1CCCCC1. The first kappa shape index (κ1) is 13.8. The molecule has 0 aromatic carbocycles. The van der Waals surface area contributed by atoms with Crippen LogP contribution in [-0.2, 0) is 4.79 Å². The van der Waals surface area contributed by atoms with Crippen LogP contribution in [0.1, 0.15) is 52.4 Å². The summed E-state index contributed by atoms with van der Waals surface area (Å²) in [5, 5.41) is 3.10. The summed E-state index contributed by atoms with van der Waals surface area (Å²) in [5.74, 6) is 1.57. The lowest BCUT2D eigenvalue weighted by atomic mass is 9.88. The van der Waals surface area contributed by atoms with Crippen molar-refractivity contribution in [2.24, 2.45) is 11.8 Å². The predicted molar refractivity (Wildman–Crippen MR) is 68.7 cm³/mol. The Morgan fingerprint density at radius 3 is 2.44 bits per heavy atom. The smallest absolute Gasteiger partial charge is 0.223 e. The summed E-state index contributed by atoms with van der Waals surface area (Å²) in [4.78, 5) is 12.0. The van der Waals surface area contributed by atoms with E-state index in [1.54, 1.807) is 0 Å². The Hall–Kier alpha value is -0.240. The number of carbonyl (C=O) groups is 1. The molecule has 0 aromatic heterocycles. The van der Waals surface area contributed by atoms with E-state index in [0.29, 0.717) is 11.8 Å². The van der Waals surface area contributed by atoms with Gasteiger partial charge in [-0.1, -0.05) is 33.1 Å². The van der Waals surface area contributed by atoms with Crippen LogP contribution in [0.25, 0.3) is 0 Å². The molecule has 1 amide bonds. The number of rotatable bonds is 5. The Balaban J connectivity index is 2.35. The van der Waals surface area contributed by atoms with E-state index >= 15 is 0 Å². The average molecular weight is 246 g/mol. The van der Waals surface area contributed by atoms with Crippen molar-refractivity contribution >= 4 is 17.5 Å². The van der Waals surface area contributed by atoms with Gasteiger partial charge in [-0.2, -0.15) is 0 Å². The molecule has 1 N–H and O–H groups in total. The van der Waals surface area contributed by atoms with Crippen LogP contribution in [0, 0.1) is 11.8 Å². The molecule has 1 atom stereocenters. The molecule has 16 heavy (non-hydrogen) atoms. The van der Waals surface area contributed by atoms with Crippen molar-refractivity contribution in [3.63, 3.8) is 0 Å². The molecule has 3 heteroatoms. The van der Waals surface area contributed by atoms with Crippen molar-refractivity contribution in [2.45, 2.75) is 58.4 Å². The Morgan fingerprint density at radius 2 is 1.94 bits per heavy atom. The lowest BCUT2D eigenvalue weighted by Gasteiger charge is -2.24. The number of halogens is 1. The van der Waals surface area contributed by atoms with Crippen LogP contribution in [-0.4, -0.2) is 17.8 Å². The molecule has 0 aromatic rings. The molecule has 0 heterocycles. The largest absolute Gasteiger partial charge is 0.352 e. The van der Waals surface area contributed by atoms with Gasteiger partial charge in [-0.05, 0) is 25.2 Å². The molecule has 0 radical (unpaired) electrons. The highest BCUT2D eigenvalue weighted by atomic mass is 35.5. The molecule has 1 rings (SSSR count). The molecule has 94 valence electrons. The van der Waals surface area contributed by atoms with E-state index in [2.05, 4.69) is 19.2 Å². The second-order valence-electron chi connectivity index (χ2n) is 5.32. The zero-order valence-electron chi connectivity index (χ0n) is 10.5. The van der Waals surface area contributed by atoms with E-state index in [4.69, 9.17) is 11.6 Å². The highest BCUT2D eigenvalue weighted by Crippen LogP contribution is 2.24. The van der Waals surface area contributed by atoms with Crippen molar-refractivity contribution in [3.05, 3.63) is 0 Å². The van der Waals surface area contributed by atoms with Crippen LogP contribution in [0.5, 0.6) is 0 Å². The molecular formula is C13H24ClNO. The normalized spacial score (nSPS) is 19.8. The number of nitrogens with one attached hydrogen (secondary N) is 1. The molecule has 1 fully saturated rings. The lowest BCUT2D eigenvalue weighted by molar-refractivity contribution is -0.126. The monoisotopic (exact) mass is 245 g/mol. The van der Waals surface area contributed by atoms with Gasteiger partial charge in [0.25, 0.3) is 0 Å². The molecule has 0 saturated heterocycles. The third-order valence-electron chi connectivity index (χ3n) is 3.26. The topological polar surface area (TPSA) is 29.1 Å². The Labute approximate surface area is 104 Å². The number of alkyl halides is 1. The third-order valence-corrected chi connectivity index (χ3v) is 3.64. The van der Waals surface area contributed by atoms with Gasteiger partial charge in [0, 0.05) is 17.8 Å². The van der Waals surface area contributed by atoms with E-state index in [1.165, 1.54) is 19.3 Å². The van der Waals surface area contributed by atoms with Gasteiger partial charge in [0.2, 0.25) is 5.91 Å². The number of amides is 1. The molecule has 0 spiro atoms. The van der Waals surface area contributed by atoms with Gasteiger partial charge in [-0.25, -0.2) is 0 Å². The van der Waals surface area contributed by atoms with E-state index < -0.39 is 0 Å². The Bertz CT molecular complexity index is 212. The van der Waals surface area contributed by atoms with Crippen LogP contribution in [0.4, 0.5) is 0 Å². The van der Waals surface area contributed by atoms with Gasteiger partial charge >= 0.3 is 0 Å². The maximum atomic E-state index is 12.0. The predicted octanol–water partition coefficient (Wildman–Crippen LogP) is 3.34. The summed E-state index contributed by atoms with van der Waals surface area (Å²) in [6, 6.07) is 0.149. The lowest BCUT2D eigenvalue weighted by Crippen LogP contribution is -2.41. The summed E-state index contributed by atoms with van der Waals surface area (Å²) in [5.41, 5.74) is 0. The summed E-state index contributed by atoms with van der Waals surface area (Å²) < 4.78 is 0. The summed E-state index contributed by atoms with van der Waals surface area (Å²) in [6.07, 6.45) is 6.78. The number of carbonyl (C=O) groups excluding carboxylic acids is 1. The molecule has 1 unspecified atom stereocenters. The van der Waals surface area contributed by atoms with Crippen molar-refractivity contribution in [3.8, 4) is 0 Å². The van der Waals surface area contributed by atoms with Crippen LogP contribution in [0.3, 0.4) is 0 Å². The fraction of sp³-hybridized carbons (Fsp3) is 0.923. The van der Waals surface area contributed by atoms with Crippen molar-refractivity contribution < 1.29 is 4.79 Å². The first-order valence-corrected chi connectivity index (χ1v) is 7.03. The molecule has 1 aliphatic carbocycles. The zero-order valence-corrected chi connectivity index (χ0v) is 11.2. The van der Waals surface area contributed by atoms with Crippen molar-refractivity contribution in [2.75, 3.05) is 5.88 Å². The van der Waals surface area contributed by atoms with Crippen molar-refractivity contribution in [1.29, 1.82) is 0 Å². The minimum Gasteiger partial charge on any atom is -0.352 e. The Kier molecular flexibility index (Phi) is 6.18. The maximum Gasteiger partial charge on any atom is 0.223 e. The van der Waals surface area contributed by atoms with Crippen molar-refractivity contribution in [1.82, 2.24) is 5.32 Å². The van der Waals surface area contributed by atoms with E-state index in [1.807, 2.05) is 0 Å². The first-order valence-electron chi connectivity index (χ1n) is 6.49. The minimum absolute atomic E-state index is 0.149. The third kappa shape index (κ3) is 4.73. The molecule has 0 aliphatic heterocycles. The highest BCUT2D eigenvalue weighted by molar-refractivity contribution is 6.18. The van der Waals surface area contributed by atoms with Gasteiger partial charge < -0.3 is 5.32 Å². The van der Waals surface area contributed by atoms with Gasteiger partial charge in [0.05, 0.1) is 0 Å². The van der Waals surface area contributed by atoms with Crippen LogP contribution < -0.4 is 5.32 Å². The molecular weight excluding hydrogens is 222 g/mol. The van der Waals surface area contributed by atoms with Gasteiger partial charge in [0.1, 0.15) is 0 Å². The number of hydrogen-bond acceptors (Lipinski definition) is 1. The fourth-order valence-electron chi connectivity index (χ4n) is 2.41. The molecule has 1 aliphatic rings. The van der Waals surface area contributed by atoms with E-state index in [9.17, 15) is 4.79 Å². The van der Waals surface area contributed by atoms with Gasteiger partial charge in [-0.3, -0.25) is 4.79 Å². The number of hydrogen-bond donors (Lipinski definition) is 1. The minimum atomic E-state index is 0.149. The molecule has 0 bridgehead atoms.